The van der Waals surface area contributed by atoms with Gasteiger partial charge in [0.15, 0.2) is 5.82 Å². The third kappa shape index (κ3) is 4.70. The standard InChI is InChI=1S/C17H17N5O2S2/c1-10(26-17-20-15(21-22-17)14-4-3-9-25-14)16(24)19-13-7-5-12(6-8-13)18-11(2)23/h3-10H,1-2H3,(H,18,23)(H,19,24)(H,20,21,22)/t10-/m1/s1. The number of nitrogens with one attached hydrogen (secondary N) is 3. The maximum absolute atomic E-state index is 12.3. The predicted molar refractivity (Wildman–Crippen MR) is 104 cm³/mol. The minimum atomic E-state index is -0.364. The molecule has 0 aliphatic rings. The molecular weight excluding hydrogens is 370 g/mol. The van der Waals surface area contributed by atoms with Crippen LogP contribution < -0.4 is 10.6 Å². The lowest BCUT2D eigenvalue weighted by Crippen LogP contribution is -2.22. The number of anilines is 2. The van der Waals surface area contributed by atoms with Gasteiger partial charge in [0.2, 0.25) is 17.0 Å². The van der Waals surface area contributed by atoms with Crippen LogP contribution in [0, 0.1) is 0 Å². The minimum absolute atomic E-state index is 0.139. The van der Waals surface area contributed by atoms with E-state index >= 15 is 0 Å². The van der Waals surface area contributed by atoms with Crippen LogP contribution in [0.25, 0.3) is 10.7 Å². The summed E-state index contributed by atoms with van der Waals surface area (Å²) in [6.07, 6.45) is 0. The lowest BCUT2D eigenvalue weighted by molar-refractivity contribution is -0.115. The average Bonchev–Trinajstić information content (AvgIpc) is 3.27. The van der Waals surface area contributed by atoms with Gasteiger partial charge in [0.1, 0.15) is 0 Å². The van der Waals surface area contributed by atoms with Gasteiger partial charge in [0.25, 0.3) is 0 Å². The van der Waals surface area contributed by atoms with E-state index in [1.807, 2.05) is 17.5 Å². The molecule has 0 spiro atoms. The van der Waals surface area contributed by atoms with Crippen LogP contribution in [0.2, 0.25) is 0 Å². The number of H-pyrrole nitrogens is 1. The van der Waals surface area contributed by atoms with E-state index in [0.717, 1.165) is 4.88 Å². The van der Waals surface area contributed by atoms with Gasteiger partial charge in [0.05, 0.1) is 10.1 Å². The Labute approximate surface area is 158 Å². The second-order valence-electron chi connectivity index (χ2n) is 5.45. The van der Waals surface area contributed by atoms with Crippen molar-refractivity contribution in [3.05, 3.63) is 41.8 Å². The summed E-state index contributed by atoms with van der Waals surface area (Å²) >= 11 is 2.86. The van der Waals surface area contributed by atoms with Crippen molar-refractivity contribution in [1.82, 2.24) is 15.2 Å². The van der Waals surface area contributed by atoms with Gasteiger partial charge in [-0.2, -0.15) is 0 Å². The Kier molecular flexibility index (Phi) is 5.69. The average molecular weight is 387 g/mol. The van der Waals surface area contributed by atoms with Crippen LogP contribution in [-0.4, -0.2) is 32.2 Å². The molecule has 9 heteroatoms. The smallest absolute Gasteiger partial charge is 0.237 e. The summed E-state index contributed by atoms with van der Waals surface area (Å²) in [5, 5.41) is 14.7. The number of aromatic amines is 1. The molecule has 1 atom stereocenters. The Morgan fingerprint density at radius 2 is 1.85 bits per heavy atom. The Balaban J connectivity index is 1.57. The fraction of sp³-hybridized carbons (Fsp3) is 0.176. The van der Waals surface area contributed by atoms with Crippen LogP contribution in [0.15, 0.2) is 46.9 Å². The highest BCUT2D eigenvalue weighted by Gasteiger charge is 2.18. The Hall–Kier alpha value is -2.65. The summed E-state index contributed by atoms with van der Waals surface area (Å²) in [5.41, 5.74) is 1.34. The van der Waals surface area contributed by atoms with E-state index in [1.165, 1.54) is 18.7 Å². The second kappa shape index (κ2) is 8.15. The van der Waals surface area contributed by atoms with Crippen molar-refractivity contribution in [3.63, 3.8) is 0 Å². The molecule has 2 heterocycles. The van der Waals surface area contributed by atoms with Gasteiger partial charge in [0, 0.05) is 18.3 Å². The Bertz CT molecular complexity index is 890. The van der Waals surface area contributed by atoms with Crippen molar-refractivity contribution < 1.29 is 9.59 Å². The molecule has 0 saturated heterocycles. The zero-order valence-corrected chi connectivity index (χ0v) is 15.8. The molecule has 0 aliphatic carbocycles. The summed E-state index contributed by atoms with van der Waals surface area (Å²) in [4.78, 5) is 28.8. The van der Waals surface area contributed by atoms with Gasteiger partial charge in [-0.3, -0.25) is 14.7 Å². The van der Waals surface area contributed by atoms with Crippen molar-refractivity contribution in [2.75, 3.05) is 10.6 Å². The van der Waals surface area contributed by atoms with Gasteiger partial charge >= 0.3 is 0 Å². The van der Waals surface area contributed by atoms with Gasteiger partial charge in [-0.15, -0.1) is 16.4 Å². The third-order valence-corrected chi connectivity index (χ3v) is 5.18. The van der Waals surface area contributed by atoms with E-state index in [9.17, 15) is 9.59 Å². The van der Waals surface area contributed by atoms with Crippen LogP contribution in [-0.2, 0) is 9.59 Å². The van der Waals surface area contributed by atoms with Crippen molar-refractivity contribution >= 4 is 46.3 Å². The molecule has 0 radical (unpaired) electrons. The second-order valence-corrected chi connectivity index (χ2v) is 7.71. The maximum Gasteiger partial charge on any atom is 0.237 e. The molecule has 134 valence electrons. The summed E-state index contributed by atoms with van der Waals surface area (Å²) in [5.74, 6) is 0.411. The molecule has 2 amide bonds. The maximum atomic E-state index is 12.3. The van der Waals surface area contributed by atoms with Crippen molar-refractivity contribution in [2.24, 2.45) is 0 Å². The normalized spacial score (nSPS) is 11.8. The number of hydrogen-bond donors (Lipinski definition) is 3. The SMILES string of the molecule is CC(=O)Nc1ccc(NC(=O)[C@@H](C)Sc2n[nH]c(-c3cccs3)n2)cc1. The molecule has 3 aromatic rings. The number of benzene rings is 1. The van der Waals surface area contributed by atoms with Crippen LogP contribution in [0.3, 0.4) is 0 Å². The molecule has 3 N–H and O–H groups in total. The molecule has 0 saturated carbocycles. The number of hydrogen-bond acceptors (Lipinski definition) is 6. The monoisotopic (exact) mass is 387 g/mol. The highest BCUT2D eigenvalue weighted by atomic mass is 32.2. The van der Waals surface area contributed by atoms with E-state index in [0.29, 0.717) is 22.4 Å². The topological polar surface area (TPSA) is 99.8 Å². The first kappa shape index (κ1) is 18.2. The summed E-state index contributed by atoms with van der Waals surface area (Å²) in [6.45, 7) is 3.24. The summed E-state index contributed by atoms with van der Waals surface area (Å²) in [7, 11) is 0. The molecule has 0 bridgehead atoms. The van der Waals surface area contributed by atoms with E-state index in [-0.39, 0.29) is 17.1 Å². The number of thioether (sulfide) groups is 1. The molecule has 3 rings (SSSR count). The van der Waals surface area contributed by atoms with Crippen molar-refractivity contribution in [3.8, 4) is 10.7 Å². The first-order valence-corrected chi connectivity index (χ1v) is 9.58. The van der Waals surface area contributed by atoms with E-state index in [4.69, 9.17) is 0 Å². The molecule has 0 aliphatic heterocycles. The fourth-order valence-corrected chi connectivity index (χ4v) is 3.51. The van der Waals surface area contributed by atoms with Crippen LogP contribution in [0.5, 0.6) is 0 Å². The van der Waals surface area contributed by atoms with Gasteiger partial charge in [-0.25, -0.2) is 4.98 Å². The highest BCUT2D eigenvalue weighted by molar-refractivity contribution is 8.00. The van der Waals surface area contributed by atoms with Crippen LogP contribution in [0.4, 0.5) is 11.4 Å². The molecule has 1 aromatic carbocycles. The molecular formula is C17H17N5O2S2. The quantitative estimate of drug-likeness (QED) is 0.561. The summed E-state index contributed by atoms with van der Waals surface area (Å²) < 4.78 is 0. The van der Waals surface area contributed by atoms with Crippen molar-refractivity contribution in [2.45, 2.75) is 24.3 Å². The zero-order chi connectivity index (χ0) is 18.5. The van der Waals surface area contributed by atoms with Gasteiger partial charge < -0.3 is 10.6 Å². The lowest BCUT2D eigenvalue weighted by Gasteiger charge is -2.10. The lowest BCUT2D eigenvalue weighted by atomic mass is 10.2. The number of aromatic nitrogens is 3. The molecule has 7 nitrogen and oxygen atoms in total. The number of nitrogens with zero attached hydrogens (tertiary/aromatic N) is 2. The molecule has 26 heavy (non-hydrogen) atoms. The third-order valence-electron chi connectivity index (χ3n) is 3.34. The zero-order valence-electron chi connectivity index (χ0n) is 14.1. The van der Waals surface area contributed by atoms with Crippen LogP contribution >= 0.6 is 23.1 Å². The molecule has 2 aromatic heterocycles. The predicted octanol–water partition coefficient (Wildman–Crippen LogP) is 3.61. The number of thiophene rings is 1. The number of carbonyl (C=O) groups is 2. The molecule has 0 unspecified atom stereocenters. The number of rotatable bonds is 6. The fourth-order valence-electron chi connectivity index (χ4n) is 2.12. The Morgan fingerprint density at radius 1 is 1.15 bits per heavy atom. The number of carbonyl (C=O) groups excluding carboxylic acids is 2. The number of amides is 2. The largest absolute Gasteiger partial charge is 0.326 e. The molecule has 0 fully saturated rings. The first-order chi connectivity index (χ1) is 12.5. The van der Waals surface area contributed by atoms with E-state index in [2.05, 4.69) is 25.8 Å². The summed E-state index contributed by atoms with van der Waals surface area (Å²) in [6, 6.07) is 10.8. The Morgan fingerprint density at radius 3 is 2.46 bits per heavy atom. The van der Waals surface area contributed by atoms with Gasteiger partial charge in [-0.05, 0) is 42.6 Å². The first-order valence-electron chi connectivity index (χ1n) is 7.83. The van der Waals surface area contributed by atoms with Crippen LogP contribution in [0.1, 0.15) is 13.8 Å². The van der Waals surface area contributed by atoms with Crippen molar-refractivity contribution in [1.29, 1.82) is 0 Å². The van der Waals surface area contributed by atoms with Gasteiger partial charge in [-0.1, -0.05) is 17.8 Å². The van der Waals surface area contributed by atoms with E-state index < -0.39 is 0 Å². The minimum Gasteiger partial charge on any atom is -0.326 e. The van der Waals surface area contributed by atoms with E-state index in [1.54, 1.807) is 42.5 Å². The highest BCUT2D eigenvalue weighted by Crippen LogP contribution is 2.26.